The number of fused-ring (bicyclic) bond motifs is 1. The van der Waals surface area contributed by atoms with Gasteiger partial charge in [-0.15, -0.1) is 0 Å². The monoisotopic (exact) mass is 490 g/mol. The van der Waals surface area contributed by atoms with Crippen LogP contribution in [-0.2, 0) is 19.1 Å². The number of aryl methyl sites for hydroxylation is 1. The highest BCUT2D eigenvalue weighted by Gasteiger charge is 2.58. The number of nitrogens with one attached hydrogen (secondary N) is 1. The highest BCUT2D eigenvalue weighted by atomic mass is 35.5. The number of hydrogen-bond donors (Lipinski definition) is 2. The van der Waals surface area contributed by atoms with Gasteiger partial charge in [0, 0.05) is 5.92 Å². The Labute approximate surface area is 206 Å². The van der Waals surface area contributed by atoms with Crippen molar-refractivity contribution in [3.05, 3.63) is 40.9 Å². The lowest BCUT2D eigenvalue weighted by atomic mass is 9.70. The maximum atomic E-state index is 13.9. The van der Waals surface area contributed by atoms with Gasteiger partial charge in [-0.1, -0.05) is 63.1 Å². The highest BCUT2D eigenvalue weighted by molar-refractivity contribution is 6.34. The van der Waals surface area contributed by atoms with E-state index in [1.54, 1.807) is 19.1 Å². The van der Waals surface area contributed by atoms with Crippen molar-refractivity contribution in [1.82, 2.24) is 4.90 Å². The Hall–Kier alpha value is -2.38. The van der Waals surface area contributed by atoms with Gasteiger partial charge in [0.15, 0.2) is 0 Å². The van der Waals surface area contributed by atoms with Crippen LogP contribution in [0.4, 0.5) is 5.69 Å². The average molecular weight is 491 g/mol. The fourth-order valence-corrected chi connectivity index (χ4v) is 5.57. The summed E-state index contributed by atoms with van der Waals surface area (Å²) in [6.45, 7) is 9.31. The molecule has 1 aromatic carbocycles. The maximum absolute atomic E-state index is 13.9. The van der Waals surface area contributed by atoms with Gasteiger partial charge in [0.25, 0.3) is 0 Å². The molecule has 2 aliphatic rings. The molecule has 186 valence electrons. The normalized spacial score (nSPS) is 27.8. The van der Waals surface area contributed by atoms with Crippen molar-refractivity contribution >= 4 is 35.1 Å². The van der Waals surface area contributed by atoms with Gasteiger partial charge in [0.05, 0.1) is 41.8 Å². The number of anilines is 1. The van der Waals surface area contributed by atoms with Gasteiger partial charge < -0.3 is 20.1 Å². The molecule has 34 heavy (non-hydrogen) atoms. The van der Waals surface area contributed by atoms with E-state index in [1.165, 1.54) is 4.90 Å². The summed E-state index contributed by atoms with van der Waals surface area (Å²) in [6, 6.07) is 3.89. The predicted octanol–water partition coefficient (Wildman–Crippen LogP) is 3.82. The molecule has 1 fully saturated rings. The fraction of sp³-hybridized carbons (Fsp3) is 0.577. The van der Waals surface area contributed by atoms with E-state index in [9.17, 15) is 19.5 Å². The molecule has 1 aromatic rings. The van der Waals surface area contributed by atoms with Gasteiger partial charge in [0.1, 0.15) is 6.04 Å². The molecule has 2 amide bonds. The van der Waals surface area contributed by atoms with Crippen LogP contribution in [0.25, 0.3) is 0 Å². The number of carbonyl (C=O) groups is 3. The number of carbonyl (C=O) groups excluding carboxylic acids is 3. The third-order valence-corrected chi connectivity index (χ3v) is 7.67. The topological polar surface area (TPSA) is 95.9 Å². The van der Waals surface area contributed by atoms with Crippen LogP contribution in [-0.4, -0.2) is 53.1 Å². The van der Waals surface area contributed by atoms with Gasteiger partial charge in [-0.25, -0.2) is 0 Å². The van der Waals surface area contributed by atoms with Gasteiger partial charge >= 0.3 is 5.97 Å². The van der Waals surface area contributed by atoms with Crippen LogP contribution in [0, 0.1) is 36.5 Å². The van der Waals surface area contributed by atoms with Crippen molar-refractivity contribution < 1.29 is 24.2 Å². The molecule has 0 saturated carbocycles. The SMILES string of the molecule is CCOC(=O)[C@H]1[C@@H]2C(=O)N([C@@H](CO)[C@@H](C)CC)[C@H](C(=O)Nc3c(C)cccc3Cl)[C@H]2C=C[C@H]1C. The number of rotatable bonds is 8. The molecule has 0 radical (unpaired) electrons. The summed E-state index contributed by atoms with van der Waals surface area (Å²) in [6.07, 6.45) is 4.48. The van der Waals surface area contributed by atoms with Crippen molar-refractivity contribution in [2.75, 3.05) is 18.5 Å². The molecule has 0 aromatic heterocycles. The van der Waals surface area contributed by atoms with Crippen LogP contribution in [0.5, 0.6) is 0 Å². The first-order valence-electron chi connectivity index (χ1n) is 12.0. The lowest BCUT2D eigenvalue weighted by Gasteiger charge is -2.36. The highest BCUT2D eigenvalue weighted by Crippen LogP contribution is 2.46. The Morgan fingerprint density at radius 1 is 1.26 bits per heavy atom. The van der Waals surface area contributed by atoms with E-state index in [4.69, 9.17) is 16.3 Å². The fourth-order valence-electron chi connectivity index (χ4n) is 5.30. The summed E-state index contributed by atoms with van der Waals surface area (Å²) < 4.78 is 5.31. The molecular formula is C26H35ClN2O5. The minimum Gasteiger partial charge on any atom is -0.466 e. The zero-order chi connectivity index (χ0) is 25.2. The van der Waals surface area contributed by atoms with Gasteiger partial charge in [-0.05, 0) is 37.3 Å². The van der Waals surface area contributed by atoms with Crippen molar-refractivity contribution in [2.24, 2.45) is 29.6 Å². The Morgan fingerprint density at radius 3 is 2.56 bits per heavy atom. The second-order valence-electron chi connectivity index (χ2n) is 9.37. The minimum absolute atomic E-state index is 0.0473. The first-order chi connectivity index (χ1) is 16.2. The summed E-state index contributed by atoms with van der Waals surface area (Å²) >= 11 is 6.35. The van der Waals surface area contributed by atoms with E-state index in [0.717, 1.165) is 12.0 Å². The average Bonchev–Trinajstić information content (AvgIpc) is 3.09. The number of allylic oxidation sites excluding steroid dienone is 1. The number of hydrogen-bond acceptors (Lipinski definition) is 5. The Morgan fingerprint density at radius 2 is 1.97 bits per heavy atom. The number of nitrogens with zero attached hydrogens (tertiary/aromatic N) is 1. The number of benzene rings is 1. The predicted molar refractivity (Wildman–Crippen MR) is 131 cm³/mol. The molecule has 3 rings (SSSR count). The summed E-state index contributed by atoms with van der Waals surface area (Å²) in [5.74, 6) is -3.34. The number of amides is 2. The van der Waals surface area contributed by atoms with Crippen LogP contribution < -0.4 is 5.32 Å². The molecule has 1 aliphatic carbocycles. The lowest BCUT2D eigenvalue weighted by molar-refractivity contribution is -0.156. The van der Waals surface area contributed by atoms with Crippen LogP contribution >= 0.6 is 11.6 Å². The summed E-state index contributed by atoms with van der Waals surface area (Å²) in [5, 5.41) is 13.6. The summed E-state index contributed by atoms with van der Waals surface area (Å²) in [7, 11) is 0. The molecule has 1 aliphatic heterocycles. The zero-order valence-electron chi connectivity index (χ0n) is 20.5. The molecule has 8 heteroatoms. The molecule has 1 heterocycles. The number of aliphatic hydroxyl groups excluding tert-OH is 1. The first-order valence-corrected chi connectivity index (χ1v) is 12.4. The van der Waals surface area contributed by atoms with Gasteiger partial charge in [0.2, 0.25) is 11.8 Å². The maximum Gasteiger partial charge on any atom is 0.310 e. The summed E-state index contributed by atoms with van der Waals surface area (Å²) in [4.78, 5) is 42.1. The van der Waals surface area contributed by atoms with Crippen LogP contribution in [0.3, 0.4) is 0 Å². The van der Waals surface area contributed by atoms with E-state index in [0.29, 0.717) is 10.7 Å². The van der Waals surface area contributed by atoms with Crippen molar-refractivity contribution in [3.8, 4) is 0 Å². The number of ether oxygens (including phenoxy) is 1. The Balaban J connectivity index is 2.08. The third-order valence-electron chi connectivity index (χ3n) is 7.35. The van der Waals surface area contributed by atoms with Crippen LogP contribution in [0.2, 0.25) is 5.02 Å². The smallest absolute Gasteiger partial charge is 0.310 e. The molecule has 1 saturated heterocycles. The number of para-hydroxylation sites is 1. The largest absolute Gasteiger partial charge is 0.466 e. The second kappa shape index (κ2) is 10.9. The van der Waals surface area contributed by atoms with Crippen molar-refractivity contribution in [2.45, 2.75) is 53.1 Å². The number of esters is 1. The molecule has 0 bridgehead atoms. The van der Waals surface area contributed by atoms with E-state index < -0.39 is 35.8 Å². The van der Waals surface area contributed by atoms with E-state index >= 15 is 0 Å². The van der Waals surface area contributed by atoms with Crippen molar-refractivity contribution in [1.29, 1.82) is 0 Å². The van der Waals surface area contributed by atoms with Crippen molar-refractivity contribution in [3.63, 3.8) is 0 Å². The van der Waals surface area contributed by atoms with Gasteiger partial charge in [-0.2, -0.15) is 0 Å². The second-order valence-corrected chi connectivity index (χ2v) is 9.78. The summed E-state index contributed by atoms with van der Waals surface area (Å²) in [5.41, 5.74) is 1.29. The molecule has 2 N–H and O–H groups in total. The van der Waals surface area contributed by atoms with E-state index in [1.807, 2.05) is 45.9 Å². The zero-order valence-corrected chi connectivity index (χ0v) is 21.2. The molecule has 7 nitrogen and oxygen atoms in total. The first kappa shape index (κ1) is 26.2. The van der Waals surface area contributed by atoms with Crippen LogP contribution in [0.15, 0.2) is 30.4 Å². The lowest BCUT2D eigenvalue weighted by Crippen LogP contribution is -2.52. The number of aliphatic hydroxyl groups is 1. The number of halogens is 1. The van der Waals surface area contributed by atoms with Crippen LogP contribution in [0.1, 0.15) is 39.7 Å². The number of likely N-dealkylation sites (tertiary alicyclic amines) is 1. The van der Waals surface area contributed by atoms with Gasteiger partial charge in [-0.3, -0.25) is 14.4 Å². The van der Waals surface area contributed by atoms with E-state index in [-0.39, 0.29) is 36.9 Å². The van der Waals surface area contributed by atoms with E-state index in [2.05, 4.69) is 5.32 Å². The standard InChI is InChI=1S/C26H35ClN2O5/c1-6-14(3)19(13-30)29-23(24(31)28-22-16(5)9-8-10-18(22)27)17-12-11-15(4)20(21(17)25(29)32)26(33)34-7-2/h8-12,14-15,17,19-21,23,30H,6-7,13H2,1-5H3,(H,28,31)/t14-,15+,17-,19-,20+,21+,23-/m0/s1. The molecule has 7 atom stereocenters. The Kier molecular flexibility index (Phi) is 8.42. The molecule has 0 unspecified atom stereocenters. The quantitative estimate of drug-likeness (QED) is 0.426. The molecule has 0 spiro atoms. The minimum atomic E-state index is -0.889. The molecular weight excluding hydrogens is 456 g/mol. The Bertz CT molecular complexity index is 944. The third kappa shape index (κ3) is 4.73.